The SMILES string of the molecule is CC(C)CCCC(=O)CC(N)C(C)(C)C. The van der Waals surface area contributed by atoms with Gasteiger partial charge in [0, 0.05) is 18.9 Å². The van der Waals surface area contributed by atoms with Crippen molar-refractivity contribution in [2.75, 3.05) is 0 Å². The summed E-state index contributed by atoms with van der Waals surface area (Å²) >= 11 is 0. The van der Waals surface area contributed by atoms with Gasteiger partial charge in [-0.25, -0.2) is 0 Å². The van der Waals surface area contributed by atoms with Crippen LogP contribution in [0.3, 0.4) is 0 Å². The average molecular weight is 213 g/mol. The lowest BCUT2D eigenvalue weighted by atomic mass is 9.84. The Morgan fingerprint density at radius 3 is 2.20 bits per heavy atom. The predicted molar refractivity (Wildman–Crippen MR) is 65.7 cm³/mol. The standard InChI is InChI=1S/C13H27NO/c1-10(2)7-6-8-11(15)9-12(14)13(3,4)5/h10,12H,6-9,14H2,1-5H3. The Labute approximate surface area is 94.6 Å². The molecule has 0 spiro atoms. The van der Waals surface area contributed by atoms with Gasteiger partial charge in [-0.05, 0) is 17.8 Å². The van der Waals surface area contributed by atoms with Crippen molar-refractivity contribution in [3.8, 4) is 0 Å². The highest BCUT2D eigenvalue weighted by Crippen LogP contribution is 2.20. The summed E-state index contributed by atoms with van der Waals surface area (Å²) in [5, 5.41) is 0. The predicted octanol–water partition coefficient (Wildman–Crippen LogP) is 3.15. The van der Waals surface area contributed by atoms with Crippen molar-refractivity contribution >= 4 is 5.78 Å². The summed E-state index contributed by atoms with van der Waals surface area (Å²) in [5.74, 6) is 1.01. The molecule has 2 nitrogen and oxygen atoms in total. The maximum absolute atomic E-state index is 11.6. The van der Waals surface area contributed by atoms with E-state index in [1.165, 1.54) is 0 Å². The van der Waals surface area contributed by atoms with E-state index in [2.05, 4.69) is 34.6 Å². The first-order valence-corrected chi connectivity index (χ1v) is 6.00. The quantitative estimate of drug-likeness (QED) is 0.736. The zero-order valence-electron chi connectivity index (χ0n) is 11.0. The van der Waals surface area contributed by atoms with Crippen LogP contribution in [0.15, 0.2) is 0 Å². The van der Waals surface area contributed by atoms with Gasteiger partial charge in [0.2, 0.25) is 0 Å². The van der Waals surface area contributed by atoms with E-state index >= 15 is 0 Å². The Morgan fingerprint density at radius 1 is 1.27 bits per heavy atom. The van der Waals surface area contributed by atoms with Crippen molar-refractivity contribution in [1.82, 2.24) is 0 Å². The molecule has 1 atom stereocenters. The van der Waals surface area contributed by atoms with E-state index in [0.29, 0.717) is 24.5 Å². The molecular weight excluding hydrogens is 186 g/mol. The molecule has 2 heteroatoms. The number of hydrogen-bond acceptors (Lipinski definition) is 2. The smallest absolute Gasteiger partial charge is 0.134 e. The second kappa shape index (κ2) is 6.26. The Kier molecular flexibility index (Phi) is 6.11. The number of rotatable bonds is 6. The summed E-state index contributed by atoms with van der Waals surface area (Å²) in [5.41, 5.74) is 6.00. The Balaban J connectivity index is 3.75. The molecule has 0 aromatic heterocycles. The first kappa shape index (κ1) is 14.6. The summed E-state index contributed by atoms with van der Waals surface area (Å²) in [7, 11) is 0. The van der Waals surface area contributed by atoms with Gasteiger partial charge in [-0.15, -0.1) is 0 Å². The molecule has 15 heavy (non-hydrogen) atoms. The van der Waals surface area contributed by atoms with E-state index in [1.54, 1.807) is 0 Å². The van der Waals surface area contributed by atoms with Crippen LogP contribution in [0.25, 0.3) is 0 Å². The van der Waals surface area contributed by atoms with Crippen LogP contribution in [0, 0.1) is 11.3 Å². The van der Waals surface area contributed by atoms with Crippen LogP contribution < -0.4 is 5.73 Å². The number of ketones is 1. The minimum atomic E-state index is -0.0101. The highest BCUT2D eigenvalue weighted by Gasteiger charge is 2.22. The molecule has 0 aliphatic rings. The first-order valence-electron chi connectivity index (χ1n) is 6.00. The van der Waals surface area contributed by atoms with E-state index in [9.17, 15) is 4.79 Å². The fraction of sp³-hybridized carbons (Fsp3) is 0.923. The normalized spacial score (nSPS) is 14.3. The van der Waals surface area contributed by atoms with Crippen LogP contribution >= 0.6 is 0 Å². The van der Waals surface area contributed by atoms with Gasteiger partial charge in [0.25, 0.3) is 0 Å². The molecule has 2 N–H and O–H groups in total. The molecule has 0 saturated carbocycles. The van der Waals surface area contributed by atoms with Gasteiger partial charge in [0.1, 0.15) is 5.78 Å². The molecule has 0 aromatic carbocycles. The van der Waals surface area contributed by atoms with Crippen molar-refractivity contribution in [2.24, 2.45) is 17.1 Å². The minimum absolute atomic E-state index is 0.0101. The molecule has 0 amide bonds. The number of nitrogens with two attached hydrogens (primary N) is 1. The van der Waals surface area contributed by atoms with E-state index in [4.69, 9.17) is 5.73 Å². The summed E-state index contributed by atoms with van der Waals surface area (Å²) in [6.07, 6.45) is 3.37. The molecule has 0 aliphatic carbocycles. The monoisotopic (exact) mass is 213 g/mol. The average Bonchev–Trinajstić information content (AvgIpc) is 2.01. The Morgan fingerprint density at radius 2 is 1.80 bits per heavy atom. The van der Waals surface area contributed by atoms with Crippen molar-refractivity contribution in [2.45, 2.75) is 66.3 Å². The van der Waals surface area contributed by atoms with Gasteiger partial charge in [0.05, 0.1) is 0 Å². The maximum atomic E-state index is 11.6. The van der Waals surface area contributed by atoms with Gasteiger partial charge in [0.15, 0.2) is 0 Å². The van der Waals surface area contributed by atoms with Crippen molar-refractivity contribution in [3.05, 3.63) is 0 Å². The summed E-state index contributed by atoms with van der Waals surface area (Å²) in [4.78, 5) is 11.6. The summed E-state index contributed by atoms with van der Waals surface area (Å²) < 4.78 is 0. The summed E-state index contributed by atoms with van der Waals surface area (Å²) in [6, 6.07) is -0.0101. The summed E-state index contributed by atoms with van der Waals surface area (Å²) in [6.45, 7) is 10.6. The zero-order chi connectivity index (χ0) is 12.1. The number of carbonyl (C=O) groups excluding carboxylic acids is 1. The molecule has 0 aliphatic heterocycles. The van der Waals surface area contributed by atoms with Crippen LogP contribution in [0.1, 0.15) is 60.3 Å². The van der Waals surface area contributed by atoms with Crippen LogP contribution in [0.5, 0.6) is 0 Å². The first-order chi connectivity index (χ1) is 6.73. The highest BCUT2D eigenvalue weighted by molar-refractivity contribution is 5.79. The molecule has 0 bridgehead atoms. The molecule has 0 aromatic rings. The van der Waals surface area contributed by atoms with Crippen LogP contribution in [-0.2, 0) is 4.79 Å². The van der Waals surface area contributed by atoms with E-state index in [1.807, 2.05) is 0 Å². The molecule has 0 rings (SSSR count). The second-order valence-corrected chi connectivity index (χ2v) is 6.00. The largest absolute Gasteiger partial charge is 0.327 e. The Bertz CT molecular complexity index is 191. The van der Waals surface area contributed by atoms with Gasteiger partial charge in [-0.3, -0.25) is 4.79 Å². The van der Waals surface area contributed by atoms with E-state index < -0.39 is 0 Å². The molecule has 1 unspecified atom stereocenters. The van der Waals surface area contributed by atoms with Crippen molar-refractivity contribution in [1.29, 1.82) is 0 Å². The van der Waals surface area contributed by atoms with Crippen LogP contribution in [0.4, 0.5) is 0 Å². The van der Waals surface area contributed by atoms with Crippen molar-refractivity contribution in [3.63, 3.8) is 0 Å². The molecule has 90 valence electrons. The number of Topliss-reactive ketones (excluding diaryl/α,β-unsaturated/α-hetero) is 1. The lowest BCUT2D eigenvalue weighted by Crippen LogP contribution is -2.36. The van der Waals surface area contributed by atoms with Crippen LogP contribution in [0.2, 0.25) is 0 Å². The zero-order valence-corrected chi connectivity index (χ0v) is 11.0. The molecule has 0 fully saturated rings. The second-order valence-electron chi connectivity index (χ2n) is 6.00. The molecule has 0 saturated heterocycles. The van der Waals surface area contributed by atoms with Crippen LogP contribution in [-0.4, -0.2) is 11.8 Å². The van der Waals surface area contributed by atoms with Gasteiger partial charge < -0.3 is 5.73 Å². The van der Waals surface area contributed by atoms with Crippen molar-refractivity contribution < 1.29 is 4.79 Å². The third-order valence-electron chi connectivity index (χ3n) is 2.80. The van der Waals surface area contributed by atoms with E-state index in [0.717, 1.165) is 12.8 Å². The molecular formula is C13H27NO. The number of carbonyl (C=O) groups is 1. The third-order valence-corrected chi connectivity index (χ3v) is 2.80. The van der Waals surface area contributed by atoms with E-state index in [-0.39, 0.29) is 11.5 Å². The highest BCUT2D eigenvalue weighted by atomic mass is 16.1. The lowest BCUT2D eigenvalue weighted by Gasteiger charge is -2.26. The fourth-order valence-electron chi connectivity index (χ4n) is 1.36. The van der Waals surface area contributed by atoms with Gasteiger partial charge in [-0.2, -0.15) is 0 Å². The molecule has 0 heterocycles. The van der Waals surface area contributed by atoms with Gasteiger partial charge in [-0.1, -0.05) is 41.0 Å². The Hall–Kier alpha value is -0.370. The fourth-order valence-corrected chi connectivity index (χ4v) is 1.36. The number of hydrogen-bond donors (Lipinski definition) is 1. The topological polar surface area (TPSA) is 43.1 Å². The lowest BCUT2D eigenvalue weighted by molar-refractivity contribution is -0.120. The minimum Gasteiger partial charge on any atom is -0.327 e. The maximum Gasteiger partial charge on any atom is 0.134 e. The third kappa shape index (κ3) is 7.55. The van der Waals surface area contributed by atoms with Gasteiger partial charge >= 0.3 is 0 Å². The molecule has 0 radical (unpaired) electrons.